The SMILES string of the molecule is CC(C)(C)CC(C)(C)NCCC(N)=NO. The lowest BCUT2D eigenvalue weighted by Gasteiger charge is -2.33. The number of oxime groups is 1. The van der Waals surface area contributed by atoms with E-state index in [0.717, 1.165) is 13.0 Å². The molecule has 0 unspecified atom stereocenters. The molecule has 0 saturated heterocycles. The molecular formula is C11H25N3O. The van der Waals surface area contributed by atoms with E-state index in [-0.39, 0.29) is 11.4 Å². The van der Waals surface area contributed by atoms with Gasteiger partial charge in [-0.2, -0.15) is 0 Å². The van der Waals surface area contributed by atoms with Crippen molar-refractivity contribution in [2.24, 2.45) is 16.3 Å². The van der Waals surface area contributed by atoms with Crippen LogP contribution in [0.5, 0.6) is 0 Å². The van der Waals surface area contributed by atoms with E-state index in [4.69, 9.17) is 10.9 Å². The van der Waals surface area contributed by atoms with Gasteiger partial charge in [0, 0.05) is 18.5 Å². The van der Waals surface area contributed by atoms with Crippen molar-refractivity contribution >= 4 is 5.84 Å². The van der Waals surface area contributed by atoms with Crippen LogP contribution in [0.1, 0.15) is 47.5 Å². The predicted molar refractivity (Wildman–Crippen MR) is 64.2 cm³/mol. The zero-order valence-electron chi connectivity index (χ0n) is 10.6. The lowest BCUT2D eigenvalue weighted by Crippen LogP contribution is -2.43. The van der Waals surface area contributed by atoms with Crippen LogP contribution in [0, 0.1) is 5.41 Å². The zero-order valence-corrected chi connectivity index (χ0v) is 10.6. The van der Waals surface area contributed by atoms with Crippen molar-refractivity contribution in [1.82, 2.24) is 5.32 Å². The van der Waals surface area contributed by atoms with E-state index in [9.17, 15) is 0 Å². The summed E-state index contributed by atoms with van der Waals surface area (Å²) in [6, 6.07) is 0. The van der Waals surface area contributed by atoms with Crippen molar-refractivity contribution in [3.8, 4) is 0 Å². The topological polar surface area (TPSA) is 70.6 Å². The molecular weight excluding hydrogens is 190 g/mol. The normalized spacial score (nSPS) is 14.3. The molecule has 0 heterocycles. The minimum atomic E-state index is 0.0774. The van der Waals surface area contributed by atoms with Gasteiger partial charge in [-0.3, -0.25) is 0 Å². The number of nitrogens with one attached hydrogen (secondary N) is 1. The molecule has 4 N–H and O–H groups in total. The van der Waals surface area contributed by atoms with Crippen molar-refractivity contribution < 1.29 is 5.21 Å². The number of hydrogen-bond acceptors (Lipinski definition) is 3. The predicted octanol–water partition coefficient (Wildman–Crippen LogP) is 1.93. The molecule has 0 aliphatic rings. The fourth-order valence-corrected chi connectivity index (χ4v) is 1.97. The highest BCUT2D eigenvalue weighted by atomic mass is 16.4. The molecule has 4 nitrogen and oxygen atoms in total. The molecule has 0 radical (unpaired) electrons. The second-order valence-electron chi connectivity index (χ2n) is 5.89. The highest BCUT2D eigenvalue weighted by Gasteiger charge is 2.24. The van der Waals surface area contributed by atoms with Crippen molar-refractivity contribution in [1.29, 1.82) is 0 Å². The molecule has 0 aromatic rings. The average Bonchev–Trinajstić information content (AvgIpc) is 1.98. The van der Waals surface area contributed by atoms with E-state index in [1.807, 2.05) is 0 Å². The van der Waals surface area contributed by atoms with Gasteiger partial charge < -0.3 is 16.3 Å². The van der Waals surface area contributed by atoms with E-state index >= 15 is 0 Å². The van der Waals surface area contributed by atoms with Gasteiger partial charge >= 0.3 is 0 Å². The summed E-state index contributed by atoms with van der Waals surface area (Å²) in [6.07, 6.45) is 1.65. The third-order valence-electron chi connectivity index (χ3n) is 2.09. The summed E-state index contributed by atoms with van der Waals surface area (Å²) in [5.41, 5.74) is 5.77. The molecule has 4 heteroatoms. The average molecular weight is 215 g/mol. The van der Waals surface area contributed by atoms with Gasteiger partial charge in [-0.05, 0) is 25.7 Å². The van der Waals surface area contributed by atoms with Gasteiger partial charge in [-0.25, -0.2) is 0 Å². The van der Waals surface area contributed by atoms with Gasteiger partial charge in [0.25, 0.3) is 0 Å². The Morgan fingerprint density at radius 2 is 1.80 bits per heavy atom. The molecule has 0 atom stereocenters. The van der Waals surface area contributed by atoms with Crippen LogP contribution < -0.4 is 11.1 Å². The van der Waals surface area contributed by atoms with Gasteiger partial charge in [0.15, 0.2) is 0 Å². The standard InChI is InChI=1S/C11H25N3O/c1-10(2,3)8-11(4,5)13-7-6-9(12)14-15/h13,15H,6-8H2,1-5H3,(H2,12,14). The van der Waals surface area contributed by atoms with E-state index in [1.54, 1.807) is 0 Å². The molecule has 0 aromatic carbocycles. The first-order valence-corrected chi connectivity index (χ1v) is 5.38. The Hall–Kier alpha value is -0.770. The Balaban J connectivity index is 3.94. The number of amidine groups is 1. The molecule has 90 valence electrons. The Bertz CT molecular complexity index is 216. The quantitative estimate of drug-likeness (QED) is 0.284. The van der Waals surface area contributed by atoms with Gasteiger partial charge in [-0.15, -0.1) is 0 Å². The third kappa shape index (κ3) is 8.24. The summed E-state index contributed by atoms with van der Waals surface area (Å²) in [7, 11) is 0. The monoisotopic (exact) mass is 215 g/mol. The maximum absolute atomic E-state index is 8.39. The highest BCUT2D eigenvalue weighted by Crippen LogP contribution is 2.26. The highest BCUT2D eigenvalue weighted by molar-refractivity contribution is 5.79. The van der Waals surface area contributed by atoms with Crippen LogP contribution in [0.25, 0.3) is 0 Å². The summed E-state index contributed by atoms with van der Waals surface area (Å²) in [4.78, 5) is 0. The van der Waals surface area contributed by atoms with E-state index in [0.29, 0.717) is 11.8 Å². The van der Waals surface area contributed by atoms with Crippen molar-refractivity contribution in [2.75, 3.05) is 6.54 Å². The second-order valence-corrected chi connectivity index (χ2v) is 5.89. The lowest BCUT2D eigenvalue weighted by atomic mass is 9.82. The Kier molecular flexibility index (Phi) is 5.08. The minimum Gasteiger partial charge on any atom is -0.409 e. The molecule has 0 aliphatic heterocycles. The van der Waals surface area contributed by atoms with Gasteiger partial charge in [-0.1, -0.05) is 25.9 Å². The van der Waals surface area contributed by atoms with E-state index in [1.165, 1.54) is 0 Å². The number of hydrogen-bond donors (Lipinski definition) is 3. The van der Waals surface area contributed by atoms with Gasteiger partial charge in [0.2, 0.25) is 0 Å². The molecule has 0 amide bonds. The Labute approximate surface area is 92.9 Å². The van der Waals surface area contributed by atoms with E-state index in [2.05, 4.69) is 45.1 Å². The maximum atomic E-state index is 8.39. The maximum Gasteiger partial charge on any atom is 0.140 e. The van der Waals surface area contributed by atoms with Crippen molar-refractivity contribution in [2.45, 2.75) is 53.0 Å². The number of nitrogens with zero attached hydrogens (tertiary/aromatic N) is 1. The summed E-state index contributed by atoms with van der Waals surface area (Å²) in [5, 5.41) is 14.7. The van der Waals surface area contributed by atoms with Crippen molar-refractivity contribution in [3.05, 3.63) is 0 Å². The van der Waals surface area contributed by atoms with Gasteiger partial charge in [0.1, 0.15) is 5.84 Å². The summed E-state index contributed by atoms with van der Waals surface area (Å²) >= 11 is 0. The first-order chi connectivity index (χ1) is 6.66. The summed E-state index contributed by atoms with van der Waals surface area (Å²) in [6.45, 7) is 11.7. The molecule has 0 spiro atoms. The van der Waals surface area contributed by atoms with Crippen LogP contribution in [0.2, 0.25) is 0 Å². The van der Waals surface area contributed by atoms with E-state index < -0.39 is 0 Å². The Morgan fingerprint density at radius 3 is 2.20 bits per heavy atom. The molecule has 0 rings (SSSR count). The zero-order chi connectivity index (χ0) is 12.1. The molecule has 0 aliphatic carbocycles. The van der Waals surface area contributed by atoms with Gasteiger partial charge in [0.05, 0.1) is 0 Å². The largest absolute Gasteiger partial charge is 0.409 e. The number of rotatable bonds is 5. The molecule has 0 aromatic heterocycles. The molecule has 0 fully saturated rings. The van der Waals surface area contributed by atoms with Crippen LogP contribution in [-0.2, 0) is 0 Å². The molecule has 0 bridgehead atoms. The fourth-order valence-electron chi connectivity index (χ4n) is 1.97. The minimum absolute atomic E-state index is 0.0774. The van der Waals surface area contributed by atoms with Crippen LogP contribution in [0.15, 0.2) is 5.16 Å². The second kappa shape index (κ2) is 5.35. The van der Waals surface area contributed by atoms with Crippen LogP contribution in [-0.4, -0.2) is 23.1 Å². The Morgan fingerprint density at radius 1 is 1.27 bits per heavy atom. The summed E-state index contributed by atoms with van der Waals surface area (Å²) < 4.78 is 0. The smallest absolute Gasteiger partial charge is 0.140 e. The third-order valence-corrected chi connectivity index (χ3v) is 2.09. The van der Waals surface area contributed by atoms with Crippen LogP contribution in [0.4, 0.5) is 0 Å². The summed E-state index contributed by atoms with van der Waals surface area (Å²) in [5.74, 6) is 0.272. The number of nitrogens with two attached hydrogens (primary N) is 1. The lowest BCUT2D eigenvalue weighted by molar-refractivity contribution is 0.244. The van der Waals surface area contributed by atoms with Crippen molar-refractivity contribution in [3.63, 3.8) is 0 Å². The molecule has 15 heavy (non-hydrogen) atoms. The van der Waals surface area contributed by atoms with Crippen LogP contribution in [0.3, 0.4) is 0 Å². The fraction of sp³-hybridized carbons (Fsp3) is 0.909. The first kappa shape index (κ1) is 14.2. The molecule has 0 saturated carbocycles. The first-order valence-electron chi connectivity index (χ1n) is 5.38. The van der Waals surface area contributed by atoms with Crippen LogP contribution >= 0.6 is 0 Å².